The molecule has 0 radical (unpaired) electrons. The Morgan fingerprint density at radius 3 is 2.05 bits per heavy atom. The van der Waals surface area contributed by atoms with E-state index in [-0.39, 0.29) is 11.2 Å². The second kappa shape index (κ2) is 9.14. The number of rotatable bonds is 3. The molecule has 5 aromatic rings. The van der Waals surface area contributed by atoms with Crippen LogP contribution < -0.4 is 4.40 Å². The van der Waals surface area contributed by atoms with Gasteiger partial charge in [-0.2, -0.15) is 0 Å². The van der Waals surface area contributed by atoms with Crippen LogP contribution in [0.25, 0.3) is 44.3 Å². The molecular formula is C37H38FGeN. The van der Waals surface area contributed by atoms with Crippen molar-refractivity contribution in [3.8, 4) is 33.5 Å². The van der Waals surface area contributed by atoms with Crippen LogP contribution in [-0.2, 0) is 10.8 Å². The Hall–Kier alpha value is -3.24. The van der Waals surface area contributed by atoms with Crippen LogP contribution in [0, 0.1) is 5.82 Å². The topological polar surface area (TPSA) is 12.9 Å². The summed E-state index contributed by atoms with van der Waals surface area (Å²) in [5, 5.41) is 2.47. The van der Waals surface area contributed by atoms with Gasteiger partial charge in [0.05, 0.1) is 0 Å². The van der Waals surface area contributed by atoms with E-state index >= 15 is 4.39 Å². The molecule has 40 heavy (non-hydrogen) atoms. The molecule has 1 aliphatic carbocycles. The molecule has 0 fully saturated rings. The van der Waals surface area contributed by atoms with E-state index in [2.05, 4.69) is 125 Å². The van der Waals surface area contributed by atoms with E-state index in [9.17, 15) is 0 Å². The number of benzene rings is 4. The first kappa shape index (κ1) is 27.0. The Bertz CT molecular complexity index is 1780. The monoisotopic (exact) mass is 589 g/mol. The van der Waals surface area contributed by atoms with Gasteiger partial charge < -0.3 is 0 Å². The molecule has 0 N–H and O–H groups in total. The maximum absolute atomic E-state index is 16.6. The predicted molar refractivity (Wildman–Crippen MR) is 172 cm³/mol. The van der Waals surface area contributed by atoms with Gasteiger partial charge in [-0.1, -0.05) is 45.0 Å². The first-order valence-corrected chi connectivity index (χ1v) is 21.6. The van der Waals surface area contributed by atoms with E-state index < -0.39 is 18.7 Å². The van der Waals surface area contributed by atoms with Crippen LogP contribution in [0.3, 0.4) is 0 Å². The van der Waals surface area contributed by atoms with Crippen LogP contribution in [0.2, 0.25) is 17.3 Å². The number of hydrogen-bond acceptors (Lipinski definition) is 1. The molecule has 1 nitrogen and oxygen atoms in total. The molecule has 0 amide bonds. The first-order valence-electron chi connectivity index (χ1n) is 14.3. The minimum absolute atomic E-state index is 0.0288. The average Bonchev–Trinajstić information content (AvgIpc) is 3.14. The van der Waals surface area contributed by atoms with Crippen LogP contribution in [0.1, 0.15) is 51.3 Å². The fourth-order valence-electron chi connectivity index (χ4n) is 6.51. The van der Waals surface area contributed by atoms with E-state index in [0.29, 0.717) is 5.56 Å². The molecule has 0 saturated heterocycles. The van der Waals surface area contributed by atoms with E-state index in [1.807, 2.05) is 12.3 Å². The van der Waals surface area contributed by atoms with Gasteiger partial charge in [0.25, 0.3) is 0 Å². The SMILES string of the molecule is CC(C)(C)c1cc(-c2nccc3c2C(C)(C)c2c-3ccc(-c3cc[c]([Ge]([CH3])([CH3])[CH3])cc3)c2F)cc2ccccc12. The van der Waals surface area contributed by atoms with Crippen LogP contribution in [-0.4, -0.2) is 18.3 Å². The molecule has 0 saturated carbocycles. The van der Waals surface area contributed by atoms with Crippen molar-refractivity contribution in [2.24, 2.45) is 0 Å². The summed E-state index contributed by atoms with van der Waals surface area (Å²) in [5.41, 5.74) is 8.29. The fraction of sp³-hybridized carbons (Fsp3) is 0.270. The van der Waals surface area contributed by atoms with Crippen molar-refractivity contribution in [2.45, 2.75) is 62.7 Å². The molecule has 3 heteroatoms. The first-order chi connectivity index (χ1) is 18.8. The third-order valence-corrected chi connectivity index (χ3v) is 13.0. The van der Waals surface area contributed by atoms with Gasteiger partial charge in [-0.3, -0.25) is 0 Å². The molecule has 0 spiro atoms. The summed E-state index contributed by atoms with van der Waals surface area (Å²) >= 11 is -1.94. The minimum Gasteiger partial charge on any atom is -0.0616 e. The van der Waals surface area contributed by atoms with Gasteiger partial charge in [0, 0.05) is 0 Å². The molecule has 202 valence electrons. The Balaban J connectivity index is 1.53. The van der Waals surface area contributed by atoms with Crippen LogP contribution >= 0.6 is 0 Å². The fourth-order valence-corrected chi connectivity index (χ4v) is 8.96. The smallest absolute Gasteiger partial charge is 0.0616 e. The summed E-state index contributed by atoms with van der Waals surface area (Å²) in [7, 11) is 0. The molecule has 1 aliphatic rings. The second-order valence-corrected chi connectivity index (χ2v) is 24.5. The van der Waals surface area contributed by atoms with Gasteiger partial charge >= 0.3 is 175 Å². The van der Waals surface area contributed by atoms with Crippen molar-refractivity contribution in [1.82, 2.24) is 4.98 Å². The summed E-state index contributed by atoms with van der Waals surface area (Å²) in [5.74, 6) is 7.03. The Morgan fingerprint density at radius 1 is 0.725 bits per heavy atom. The van der Waals surface area contributed by atoms with Crippen molar-refractivity contribution < 1.29 is 4.39 Å². The standard InChI is InChI=1S/C37H38FGeN/c1-36(2,3)31-22-25(21-24-11-9-10-12-27(24)31)35-33-30(19-20-40-35)29-18-17-28(34(38)32(29)37(33,4)5)23-13-15-26(16-14-23)39(6,7)8/h9-22H,1-8H3. The molecule has 0 aliphatic heterocycles. The van der Waals surface area contributed by atoms with E-state index in [1.54, 1.807) is 0 Å². The van der Waals surface area contributed by atoms with Crippen molar-refractivity contribution in [3.63, 3.8) is 0 Å². The molecule has 6 rings (SSSR count). The molecule has 4 aromatic carbocycles. The van der Waals surface area contributed by atoms with Gasteiger partial charge in [-0.15, -0.1) is 0 Å². The Morgan fingerprint density at radius 2 is 1.38 bits per heavy atom. The quantitative estimate of drug-likeness (QED) is 0.191. The number of halogens is 1. The van der Waals surface area contributed by atoms with Crippen molar-refractivity contribution in [3.05, 3.63) is 108 Å². The zero-order valence-corrected chi connectivity index (χ0v) is 27.0. The molecule has 0 bridgehead atoms. The zero-order valence-electron chi connectivity index (χ0n) is 24.9. The van der Waals surface area contributed by atoms with Crippen LogP contribution in [0.4, 0.5) is 4.39 Å². The molecule has 0 atom stereocenters. The maximum atomic E-state index is 16.6. The number of fused-ring (bicyclic) bond motifs is 4. The number of hydrogen-bond donors (Lipinski definition) is 0. The zero-order chi connectivity index (χ0) is 28.6. The number of pyridine rings is 1. The van der Waals surface area contributed by atoms with E-state index in [4.69, 9.17) is 4.98 Å². The number of nitrogens with zero attached hydrogens (tertiary/aromatic N) is 1. The second-order valence-electron chi connectivity index (χ2n) is 13.9. The molecule has 1 heterocycles. The normalized spacial score (nSPS) is 14.3. The molecule has 1 aromatic heterocycles. The molecule has 0 unspecified atom stereocenters. The van der Waals surface area contributed by atoms with Gasteiger partial charge in [0.2, 0.25) is 0 Å². The van der Waals surface area contributed by atoms with Gasteiger partial charge in [0.1, 0.15) is 0 Å². The average molecular weight is 588 g/mol. The van der Waals surface area contributed by atoms with Crippen molar-refractivity contribution in [2.75, 3.05) is 0 Å². The summed E-state index contributed by atoms with van der Waals surface area (Å²) in [6, 6.07) is 27.9. The summed E-state index contributed by atoms with van der Waals surface area (Å²) in [6.07, 6.45) is 1.88. The van der Waals surface area contributed by atoms with E-state index in [1.165, 1.54) is 20.7 Å². The van der Waals surface area contributed by atoms with E-state index in [0.717, 1.165) is 39.1 Å². The summed E-state index contributed by atoms with van der Waals surface area (Å²) < 4.78 is 18.0. The summed E-state index contributed by atoms with van der Waals surface area (Å²) in [6.45, 7) is 11.1. The number of aromatic nitrogens is 1. The van der Waals surface area contributed by atoms with Crippen LogP contribution in [0.5, 0.6) is 0 Å². The third-order valence-electron chi connectivity index (χ3n) is 8.64. The Kier molecular flexibility index (Phi) is 6.16. The van der Waals surface area contributed by atoms with Gasteiger partial charge in [0.15, 0.2) is 0 Å². The van der Waals surface area contributed by atoms with Crippen molar-refractivity contribution in [1.29, 1.82) is 0 Å². The minimum atomic E-state index is -1.94. The Labute approximate surface area is 240 Å². The van der Waals surface area contributed by atoms with Crippen molar-refractivity contribution >= 4 is 28.4 Å². The molecular weight excluding hydrogens is 550 g/mol. The van der Waals surface area contributed by atoms with Gasteiger partial charge in [-0.25, -0.2) is 0 Å². The van der Waals surface area contributed by atoms with Gasteiger partial charge in [-0.05, 0) is 21.8 Å². The summed E-state index contributed by atoms with van der Waals surface area (Å²) in [4.78, 5) is 4.95. The third kappa shape index (κ3) is 4.23. The predicted octanol–water partition coefficient (Wildman–Crippen LogP) is 9.86. The van der Waals surface area contributed by atoms with Crippen LogP contribution in [0.15, 0.2) is 85.1 Å².